The van der Waals surface area contributed by atoms with E-state index in [4.69, 9.17) is 0 Å². The number of hydrogen-bond donors (Lipinski definition) is 1. The van der Waals surface area contributed by atoms with Crippen molar-refractivity contribution in [2.24, 2.45) is 0 Å². The Morgan fingerprint density at radius 3 is 2.34 bits per heavy atom. The maximum atomic E-state index is 13.9. The molecule has 3 aromatic rings. The van der Waals surface area contributed by atoms with E-state index >= 15 is 0 Å². The van der Waals surface area contributed by atoms with Crippen LogP contribution in [-0.4, -0.2) is 39.7 Å². The van der Waals surface area contributed by atoms with Crippen molar-refractivity contribution in [3.05, 3.63) is 83.2 Å². The Labute approximate surface area is 184 Å². The lowest BCUT2D eigenvalue weighted by Gasteiger charge is -2.32. The molecule has 2 heterocycles. The third-order valence-corrected chi connectivity index (χ3v) is 5.73. The summed E-state index contributed by atoms with van der Waals surface area (Å²) < 4.78 is 42.4. The predicted molar refractivity (Wildman–Crippen MR) is 116 cm³/mol. The van der Waals surface area contributed by atoms with Crippen LogP contribution in [0, 0.1) is 6.92 Å². The van der Waals surface area contributed by atoms with Crippen LogP contribution in [-0.2, 0) is 12.7 Å². The summed E-state index contributed by atoms with van der Waals surface area (Å²) >= 11 is 0. The van der Waals surface area contributed by atoms with Gasteiger partial charge in [0, 0.05) is 25.7 Å². The lowest BCUT2D eigenvalue weighted by atomic mass is 10.0. The molecule has 0 saturated carbocycles. The smallest absolute Gasteiger partial charge is 0.349 e. The van der Waals surface area contributed by atoms with Crippen molar-refractivity contribution in [3.63, 3.8) is 0 Å². The van der Waals surface area contributed by atoms with Crippen LogP contribution < -0.4 is 5.32 Å². The van der Waals surface area contributed by atoms with E-state index in [1.807, 2.05) is 25.1 Å². The molecule has 2 aromatic carbocycles. The van der Waals surface area contributed by atoms with Crippen molar-refractivity contribution in [2.75, 3.05) is 13.1 Å². The van der Waals surface area contributed by atoms with E-state index in [-0.39, 0.29) is 11.7 Å². The highest BCUT2D eigenvalue weighted by Gasteiger charge is 2.41. The normalized spacial score (nSPS) is 15.6. The number of aryl methyl sites for hydroxylation is 1. The summed E-state index contributed by atoms with van der Waals surface area (Å²) in [5, 5.41) is 6.67. The van der Waals surface area contributed by atoms with Gasteiger partial charge < -0.3 is 5.32 Å². The molecule has 1 N–H and O–H groups in total. The number of alkyl halides is 3. The first-order chi connectivity index (χ1) is 15.3. The van der Waals surface area contributed by atoms with Gasteiger partial charge in [-0.15, -0.1) is 0 Å². The first-order valence-electron chi connectivity index (χ1n) is 10.6. The van der Waals surface area contributed by atoms with Gasteiger partial charge in [0.1, 0.15) is 0 Å². The number of carbonyl (C=O) groups excluding carboxylic acids is 1. The Hall–Kier alpha value is -3.13. The number of benzene rings is 2. The van der Waals surface area contributed by atoms with Gasteiger partial charge in [-0.25, -0.2) is 4.68 Å². The molecule has 8 heteroatoms. The third-order valence-electron chi connectivity index (χ3n) is 5.73. The lowest BCUT2D eigenvalue weighted by molar-refractivity contribution is -0.143. The fourth-order valence-corrected chi connectivity index (χ4v) is 4.01. The van der Waals surface area contributed by atoms with Gasteiger partial charge in [-0.05, 0) is 37.5 Å². The second-order valence-corrected chi connectivity index (χ2v) is 8.16. The Morgan fingerprint density at radius 2 is 1.72 bits per heavy atom. The van der Waals surface area contributed by atoms with Gasteiger partial charge in [-0.2, -0.15) is 18.3 Å². The molecule has 1 aliphatic rings. The Bertz CT molecular complexity index is 1050. The molecule has 5 nitrogen and oxygen atoms in total. The quantitative estimate of drug-likeness (QED) is 0.629. The molecule has 1 amide bonds. The number of halogens is 3. The van der Waals surface area contributed by atoms with Gasteiger partial charge in [-0.3, -0.25) is 9.69 Å². The standard InChI is InChI=1S/C24H25F3N4O/c1-17-7-9-20(10-8-17)31-22(24(25,26)27)21(15-28-31)23(32)29-19-11-13-30(14-12-19)16-18-5-3-2-4-6-18/h2-10,15,19H,11-14,16H2,1H3,(H,29,32). The molecule has 168 valence electrons. The monoisotopic (exact) mass is 442 g/mol. The molecule has 0 radical (unpaired) electrons. The van der Waals surface area contributed by atoms with E-state index in [1.165, 1.54) is 5.56 Å². The average molecular weight is 442 g/mol. The number of amides is 1. The minimum Gasteiger partial charge on any atom is -0.349 e. The van der Waals surface area contributed by atoms with Crippen LogP contribution in [0.25, 0.3) is 5.69 Å². The highest BCUT2D eigenvalue weighted by molar-refractivity contribution is 5.95. The Morgan fingerprint density at radius 1 is 1.06 bits per heavy atom. The molecule has 1 aliphatic heterocycles. The number of nitrogens with zero attached hydrogens (tertiary/aromatic N) is 3. The fourth-order valence-electron chi connectivity index (χ4n) is 4.01. The van der Waals surface area contributed by atoms with E-state index in [2.05, 4.69) is 27.4 Å². The summed E-state index contributed by atoms with van der Waals surface area (Å²) in [6.07, 6.45) is -2.34. The largest absolute Gasteiger partial charge is 0.434 e. The van der Waals surface area contributed by atoms with Crippen molar-refractivity contribution < 1.29 is 18.0 Å². The minimum absolute atomic E-state index is 0.168. The van der Waals surface area contributed by atoms with Crippen LogP contribution in [0.4, 0.5) is 13.2 Å². The van der Waals surface area contributed by atoms with Crippen molar-refractivity contribution in [1.29, 1.82) is 0 Å². The summed E-state index contributed by atoms with van der Waals surface area (Å²) in [5.74, 6) is -0.739. The van der Waals surface area contributed by atoms with Crippen LogP contribution in [0.3, 0.4) is 0 Å². The second kappa shape index (κ2) is 9.16. The highest BCUT2D eigenvalue weighted by atomic mass is 19.4. The van der Waals surface area contributed by atoms with Crippen LogP contribution in [0.2, 0.25) is 0 Å². The molecule has 0 spiro atoms. The number of carbonyl (C=O) groups is 1. The molecule has 0 atom stereocenters. The number of piperidine rings is 1. The van der Waals surface area contributed by atoms with Crippen LogP contribution in [0.15, 0.2) is 60.8 Å². The van der Waals surface area contributed by atoms with Crippen molar-refractivity contribution in [2.45, 2.75) is 38.5 Å². The van der Waals surface area contributed by atoms with Gasteiger partial charge in [0.15, 0.2) is 5.69 Å². The molecule has 0 aliphatic carbocycles. The maximum Gasteiger partial charge on any atom is 0.434 e. The minimum atomic E-state index is -4.72. The molecule has 1 fully saturated rings. The summed E-state index contributed by atoms with van der Waals surface area (Å²) in [7, 11) is 0. The van der Waals surface area contributed by atoms with Gasteiger partial charge in [0.25, 0.3) is 5.91 Å². The number of nitrogens with one attached hydrogen (secondary N) is 1. The molecular weight excluding hydrogens is 417 g/mol. The van der Waals surface area contributed by atoms with Gasteiger partial charge in [0.2, 0.25) is 0 Å². The van der Waals surface area contributed by atoms with Gasteiger partial charge in [-0.1, -0.05) is 48.0 Å². The maximum absolute atomic E-state index is 13.9. The van der Waals surface area contributed by atoms with Crippen LogP contribution in [0.1, 0.15) is 40.0 Å². The van der Waals surface area contributed by atoms with Crippen LogP contribution >= 0.6 is 0 Å². The zero-order chi connectivity index (χ0) is 22.7. The number of likely N-dealkylation sites (tertiary alicyclic amines) is 1. The molecule has 0 unspecified atom stereocenters. The van der Waals surface area contributed by atoms with E-state index in [0.29, 0.717) is 12.8 Å². The first-order valence-corrected chi connectivity index (χ1v) is 10.6. The number of hydrogen-bond acceptors (Lipinski definition) is 3. The van der Waals surface area contributed by atoms with Gasteiger partial charge >= 0.3 is 6.18 Å². The van der Waals surface area contributed by atoms with E-state index in [9.17, 15) is 18.0 Å². The molecular formula is C24H25F3N4O. The van der Waals surface area contributed by atoms with E-state index < -0.39 is 23.3 Å². The average Bonchev–Trinajstić information content (AvgIpc) is 3.22. The third kappa shape index (κ3) is 5.02. The number of rotatable bonds is 5. The lowest BCUT2D eigenvalue weighted by Crippen LogP contribution is -2.44. The Balaban J connectivity index is 1.44. The summed E-state index contributed by atoms with van der Waals surface area (Å²) in [4.78, 5) is 15.1. The summed E-state index contributed by atoms with van der Waals surface area (Å²) in [6, 6.07) is 16.5. The molecule has 4 rings (SSSR count). The topological polar surface area (TPSA) is 50.2 Å². The zero-order valence-electron chi connectivity index (χ0n) is 17.8. The van der Waals surface area contributed by atoms with Crippen molar-refractivity contribution in [1.82, 2.24) is 20.0 Å². The van der Waals surface area contributed by atoms with Crippen LogP contribution in [0.5, 0.6) is 0 Å². The Kier molecular flexibility index (Phi) is 6.32. The van der Waals surface area contributed by atoms with E-state index in [1.54, 1.807) is 24.3 Å². The van der Waals surface area contributed by atoms with Crippen molar-refractivity contribution >= 4 is 5.91 Å². The van der Waals surface area contributed by atoms with E-state index in [0.717, 1.165) is 36.1 Å². The molecule has 0 bridgehead atoms. The summed E-state index contributed by atoms with van der Waals surface area (Å²) in [5.41, 5.74) is 0.890. The summed E-state index contributed by atoms with van der Waals surface area (Å²) in [6.45, 7) is 4.22. The molecule has 32 heavy (non-hydrogen) atoms. The SMILES string of the molecule is Cc1ccc(-n2ncc(C(=O)NC3CCN(Cc4ccccc4)CC3)c2C(F)(F)F)cc1. The predicted octanol–water partition coefficient (Wildman–Crippen LogP) is 4.59. The number of aromatic nitrogens is 2. The second-order valence-electron chi connectivity index (χ2n) is 8.16. The zero-order valence-corrected chi connectivity index (χ0v) is 17.8. The van der Waals surface area contributed by atoms with Gasteiger partial charge in [0.05, 0.1) is 17.4 Å². The molecule has 1 aromatic heterocycles. The van der Waals surface area contributed by atoms with Crippen molar-refractivity contribution in [3.8, 4) is 5.69 Å². The highest BCUT2D eigenvalue weighted by Crippen LogP contribution is 2.34. The first kappa shape index (κ1) is 22.1. The fraction of sp³-hybridized carbons (Fsp3) is 0.333. The molecule has 1 saturated heterocycles.